The van der Waals surface area contributed by atoms with Crippen LogP contribution in [0.3, 0.4) is 0 Å². The zero-order valence-corrected chi connectivity index (χ0v) is 21.5. The summed E-state index contributed by atoms with van der Waals surface area (Å²) in [4.78, 5) is 15.9. The van der Waals surface area contributed by atoms with Crippen molar-refractivity contribution in [2.24, 2.45) is 0 Å². The number of nitrogens with one attached hydrogen (secondary N) is 2. The second kappa shape index (κ2) is 10.2. The van der Waals surface area contributed by atoms with Crippen molar-refractivity contribution in [3.05, 3.63) is 93.3 Å². The molecule has 182 valence electrons. The lowest BCUT2D eigenvalue weighted by Crippen LogP contribution is -2.41. The molecule has 0 radical (unpaired) electrons. The number of carbonyl (C=O) groups excluding carboxylic acids is 1. The number of sulfonamides is 1. The summed E-state index contributed by atoms with van der Waals surface area (Å²) in [6.07, 6.45) is 3.49. The van der Waals surface area contributed by atoms with Gasteiger partial charge in [-0.25, -0.2) is 8.42 Å². The second-order valence-corrected chi connectivity index (χ2v) is 11.0. The first-order chi connectivity index (χ1) is 16.7. The molecule has 0 aliphatic carbocycles. The van der Waals surface area contributed by atoms with E-state index >= 15 is 0 Å². The molecule has 1 aliphatic heterocycles. The molecule has 10 heteroatoms. The number of fused-ring (bicyclic) bond motifs is 1. The van der Waals surface area contributed by atoms with Gasteiger partial charge in [0.15, 0.2) is 0 Å². The van der Waals surface area contributed by atoms with E-state index in [4.69, 9.17) is 16.3 Å². The molecule has 4 rings (SSSR count). The molecule has 3 aromatic rings. The number of anilines is 1. The summed E-state index contributed by atoms with van der Waals surface area (Å²) in [5.41, 5.74) is 2.35. The Bertz CT molecular complexity index is 1400. The summed E-state index contributed by atoms with van der Waals surface area (Å²) in [6.45, 7) is 4.18. The normalized spacial score (nSPS) is 13.6. The lowest BCUT2D eigenvalue weighted by Gasteiger charge is -2.26. The van der Waals surface area contributed by atoms with Gasteiger partial charge in [-0.05, 0) is 41.3 Å². The van der Waals surface area contributed by atoms with Gasteiger partial charge in [-0.15, -0.1) is 11.3 Å². The van der Waals surface area contributed by atoms with E-state index in [1.54, 1.807) is 43.5 Å². The van der Waals surface area contributed by atoms with Gasteiger partial charge in [0.2, 0.25) is 15.9 Å². The molecular formula is C25H24ClN3O4S2. The first-order valence-corrected chi connectivity index (χ1v) is 13.3. The SMILES string of the molecule is C=C1C=Cc2cc(S(=O)(=O)N[C@@H](C(=O)N(C)Cc3cccs3)c3ccccc3OC)c(Cl)cc2N1. The molecule has 0 spiro atoms. The van der Waals surface area contributed by atoms with Crippen LogP contribution < -0.4 is 14.8 Å². The number of rotatable bonds is 8. The molecule has 0 fully saturated rings. The molecule has 2 heterocycles. The van der Waals surface area contributed by atoms with Gasteiger partial charge in [0.1, 0.15) is 16.7 Å². The third-order valence-corrected chi connectivity index (χ3v) is 8.22. The molecule has 1 amide bonds. The zero-order chi connectivity index (χ0) is 25.2. The van der Waals surface area contributed by atoms with E-state index in [0.717, 1.165) is 4.88 Å². The van der Waals surface area contributed by atoms with Crippen LogP contribution in [0.25, 0.3) is 6.08 Å². The van der Waals surface area contributed by atoms with Crippen molar-refractivity contribution in [1.82, 2.24) is 9.62 Å². The molecule has 2 aromatic carbocycles. The highest BCUT2D eigenvalue weighted by atomic mass is 35.5. The van der Waals surface area contributed by atoms with Gasteiger partial charge in [-0.2, -0.15) is 4.72 Å². The van der Waals surface area contributed by atoms with Crippen LogP contribution in [0, 0.1) is 0 Å². The molecular weight excluding hydrogens is 506 g/mol. The van der Waals surface area contributed by atoms with Crippen molar-refractivity contribution >= 4 is 50.6 Å². The number of nitrogens with zero attached hydrogens (tertiary/aromatic N) is 1. The van der Waals surface area contributed by atoms with E-state index in [1.807, 2.05) is 17.5 Å². The van der Waals surface area contributed by atoms with Crippen LogP contribution >= 0.6 is 22.9 Å². The first kappa shape index (κ1) is 25.0. The monoisotopic (exact) mass is 529 g/mol. The Hall–Kier alpha value is -3.11. The Labute approximate surface area is 213 Å². The average molecular weight is 530 g/mol. The molecule has 1 aliphatic rings. The Balaban J connectivity index is 1.72. The van der Waals surface area contributed by atoms with Crippen LogP contribution in [0.5, 0.6) is 5.75 Å². The summed E-state index contributed by atoms with van der Waals surface area (Å²) in [7, 11) is -1.11. The molecule has 0 bridgehead atoms. The first-order valence-electron chi connectivity index (χ1n) is 10.6. The zero-order valence-electron chi connectivity index (χ0n) is 19.1. The standard InChI is InChI=1S/C25H24ClN3O4S2/c1-16-10-11-17-13-23(20(26)14-21(17)27-16)35(31,32)28-24(19-8-4-5-9-22(19)33-3)25(30)29(2)15-18-7-6-12-34-18/h4-14,24,27-28H,1,15H2,2-3H3/t24-/m1/s1. The minimum atomic E-state index is -4.22. The number of halogens is 1. The van der Waals surface area contributed by atoms with Gasteiger partial charge < -0.3 is 15.0 Å². The summed E-state index contributed by atoms with van der Waals surface area (Å²) < 4.78 is 35.1. The van der Waals surface area contributed by atoms with E-state index in [-0.39, 0.29) is 9.92 Å². The van der Waals surface area contributed by atoms with E-state index in [0.29, 0.717) is 34.8 Å². The summed E-state index contributed by atoms with van der Waals surface area (Å²) >= 11 is 7.90. The average Bonchev–Trinajstić information content (AvgIpc) is 3.34. The highest BCUT2D eigenvalue weighted by Gasteiger charge is 2.33. The Morgan fingerprint density at radius 2 is 2.00 bits per heavy atom. The number of hydrogen-bond acceptors (Lipinski definition) is 6. The highest BCUT2D eigenvalue weighted by molar-refractivity contribution is 7.89. The number of hydrogen-bond donors (Lipinski definition) is 2. The smallest absolute Gasteiger partial charge is 0.245 e. The number of ether oxygens (including phenoxy) is 1. The molecule has 0 saturated heterocycles. The lowest BCUT2D eigenvalue weighted by atomic mass is 10.1. The van der Waals surface area contributed by atoms with Crippen LogP contribution in [0.4, 0.5) is 5.69 Å². The van der Waals surface area contributed by atoms with Crippen LogP contribution in [0.15, 0.2) is 77.2 Å². The summed E-state index contributed by atoms with van der Waals surface area (Å²) in [5, 5.41) is 5.00. The van der Waals surface area contributed by atoms with Crippen molar-refractivity contribution in [2.75, 3.05) is 19.5 Å². The van der Waals surface area contributed by atoms with Gasteiger partial charge in [-0.3, -0.25) is 4.79 Å². The van der Waals surface area contributed by atoms with E-state index < -0.39 is 22.0 Å². The van der Waals surface area contributed by atoms with E-state index in [2.05, 4.69) is 16.6 Å². The third kappa shape index (κ3) is 5.43. The number of likely N-dealkylation sites (N-methyl/N-ethyl adjacent to an activating group) is 1. The summed E-state index contributed by atoms with van der Waals surface area (Å²) in [5.74, 6) is -0.0429. The predicted molar refractivity (Wildman–Crippen MR) is 140 cm³/mol. The van der Waals surface area contributed by atoms with Crippen molar-refractivity contribution in [1.29, 1.82) is 0 Å². The molecule has 0 saturated carbocycles. The van der Waals surface area contributed by atoms with Crippen LogP contribution in [0.1, 0.15) is 22.0 Å². The highest BCUT2D eigenvalue weighted by Crippen LogP contribution is 2.34. The molecule has 2 N–H and O–H groups in total. The minimum absolute atomic E-state index is 0.0185. The molecule has 0 unspecified atom stereocenters. The van der Waals surface area contributed by atoms with Crippen LogP contribution in [-0.4, -0.2) is 33.4 Å². The fourth-order valence-corrected chi connectivity index (χ4v) is 6.22. The number of carbonyl (C=O) groups is 1. The number of methoxy groups -OCH3 is 1. The Morgan fingerprint density at radius 1 is 1.23 bits per heavy atom. The molecule has 1 aromatic heterocycles. The van der Waals surface area contributed by atoms with Crippen molar-refractivity contribution in [3.8, 4) is 5.75 Å². The maximum absolute atomic E-state index is 13.6. The topological polar surface area (TPSA) is 87.7 Å². The third-order valence-electron chi connectivity index (χ3n) is 5.47. The van der Waals surface area contributed by atoms with E-state index in [9.17, 15) is 13.2 Å². The van der Waals surface area contributed by atoms with Gasteiger partial charge in [0, 0.05) is 28.9 Å². The Morgan fingerprint density at radius 3 is 2.71 bits per heavy atom. The lowest BCUT2D eigenvalue weighted by molar-refractivity contribution is -0.132. The number of allylic oxidation sites excluding steroid dienone is 1. The molecule has 1 atom stereocenters. The second-order valence-electron chi connectivity index (χ2n) is 7.92. The van der Waals surface area contributed by atoms with Gasteiger partial charge in [0.05, 0.1) is 18.7 Å². The quantitative estimate of drug-likeness (QED) is 0.427. The maximum atomic E-state index is 13.6. The molecule has 7 nitrogen and oxygen atoms in total. The number of para-hydroxylation sites is 1. The van der Waals surface area contributed by atoms with Crippen LogP contribution in [0.2, 0.25) is 5.02 Å². The van der Waals surface area contributed by atoms with Crippen LogP contribution in [-0.2, 0) is 21.4 Å². The van der Waals surface area contributed by atoms with Crippen molar-refractivity contribution in [2.45, 2.75) is 17.5 Å². The Kier molecular flexibility index (Phi) is 7.32. The number of benzene rings is 2. The van der Waals surface area contributed by atoms with Crippen molar-refractivity contribution < 1.29 is 17.9 Å². The maximum Gasteiger partial charge on any atom is 0.245 e. The minimum Gasteiger partial charge on any atom is -0.496 e. The fraction of sp³-hybridized carbons (Fsp3) is 0.160. The summed E-state index contributed by atoms with van der Waals surface area (Å²) in [6, 6.07) is 12.4. The van der Waals surface area contributed by atoms with E-state index in [1.165, 1.54) is 35.5 Å². The van der Waals surface area contributed by atoms with Gasteiger partial charge in [0.25, 0.3) is 0 Å². The molecule has 35 heavy (non-hydrogen) atoms. The predicted octanol–water partition coefficient (Wildman–Crippen LogP) is 5.04. The number of thiophene rings is 1. The van der Waals surface area contributed by atoms with Crippen molar-refractivity contribution in [3.63, 3.8) is 0 Å². The largest absolute Gasteiger partial charge is 0.496 e. The fourth-order valence-electron chi connectivity index (χ4n) is 3.73. The van der Waals surface area contributed by atoms with Gasteiger partial charge >= 0.3 is 0 Å². The van der Waals surface area contributed by atoms with Gasteiger partial charge in [-0.1, -0.05) is 48.5 Å². The number of amides is 1.